The van der Waals surface area contributed by atoms with Crippen LogP contribution in [0.3, 0.4) is 0 Å². The Labute approximate surface area is 65.5 Å². The summed E-state index contributed by atoms with van der Waals surface area (Å²) < 4.78 is 4.89. The van der Waals surface area contributed by atoms with Crippen LogP contribution >= 0.6 is 23.0 Å². The predicted molar refractivity (Wildman–Crippen MR) is 44.0 cm³/mol. The van der Waals surface area contributed by atoms with Crippen LogP contribution in [0.1, 0.15) is 27.2 Å². The van der Waals surface area contributed by atoms with Crippen molar-refractivity contribution in [2.45, 2.75) is 27.2 Å². The van der Waals surface area contributed by atoms with Crippen LogP contribution in [-0.2, 0) is 3.07 Å². The van der Waals surface area contributed by atoms with Gasteiger partial charge >= 0.3 is 0 Å². The van der Waals surface area contributed by atoms with Crippen molar-refractivity contribution in [3.8, 4) is 0 Å². The Morgan fingerprint density at radius 1 is 1.38 bits per heavy atom. The van der Waals surface area contributed by atoms with Gasteiger partial charge in [-0.05, 0) is 11.8 Å². The van der Waals surface area contributed by atoms with Gasteiger partial charge in [0.2, 0.25) is 0 Å². The molecule has 0 saturated heterocycles. The van der Waals surface area contributed by atoms with E-state index in [1.165, 1.54) is 0 Å². The van der Waals surface area contributed by atoms with E-state index < -0.39 is 0 Å². The molecule has 0 bridgehead atoms. The topological polar surface area (TPSA) is 9.23 Å². The lowest BCUT2D eigenvalue weighted by Crippen LogP contribution is -2.06. The third kappa shape index (κ3) is 6.69. The van der Waals surface area contributed by atoms with E-state index >= 15 is 0 Å². The van der Waals surface area contributed by atoms with Gasteiger partial charge in [0, 0.05) is 0 Å². The van der Waals surface area contributed by atoms with Gasteiger partial charge in [-0.2, -0.15) is 0 Å². The SMILES string of the molecule is CC(C)(C)CCOI. The first-order chi connectivity index (χ1) is 3.56. The third-order valence-corrected chi connectivity index (χ3v) is 1.37. The monoisotopic (exact) mass is 228 g/mol. The van der Waals surface area contributed by atoms with E-state index in [0.29, 0.717) is 5.41 Å². The lowest BCUT2D eigenvalue weighted by atomic mass is 9.93. The summed E-state index contributed by atoms with van der Waals surface area (Å²) in [5.74, 6) is 0. The Morgan fingerprint density at radius 3 is 2.00 bits per heavy atom. The molecule has 50 valence electrons. The van der Waals surface area contributed by atoms with Crippen LogP contribution in [0, 0.1) is 5.41 Å². The smallest absolute Gasteiger partial charge is 0.109 e. The van der Waals surface area contributed by atoms with Crippen molar-refractivity contribution in [3.05, 3.63) is 0 Å². The van der Waals surface area contributed by atoms with Crippen LogP contribution in [0.2, 0.25) is 0 Å². The highest BCUT2D eigenvalue weighted by Crippen LogP contribution is 2.18. The second-order valence-electron chi connectivity index (χ2n) is 3.12. The van der Waals surface area contributed by atoms with Gasteiger partial charge in [-0.3, -0.25) is 0 Å². The minimum atomic E-state index is 0.422. The highest BCUT2D eigenvalue weighted by Gasteiger charge is 2.08. The third-order valence-electron chi connectivity index (χ3n) is 0.929. The van der Waals surface area contributed by atoms with Crippen molar-refractivity contribution in [1.82, 2.24) is 0 Å². The minimum Gasteiger partial charge on any atom is -0.316 e. The molecule has 0 amide bonds. The summed E-state index contributed by atoms with van der Waals surface area (Å²) in [6.07, 6.45) is 1.13. The van der Waals surface area contributed by atoms with E-state index in [1.807, 2.05) is 23.0 Å². The Bertz CT molecular complexity index is 56.0. The second kappa shape index (κ2) is 3.67. The molecule has 0 aromatic carbocycles. The molecule has 2 heteroatoms. The molecule has 0 spiro atoms. The van der Waals surface area contributed by atoms with E-state index in [2.05, 4.69) is 20.8 Å². The van der Waals surface area contributed by atoms with Crippen molar-refractivity contribution in [1.29, 1.82) is 0 Å². The van der Waals surface area contributed by atoms with Crippen LogP contribution in [0.25, 0.3) is 0 Å². The summed E-state index contributed by atoms with van der Waals surface area (Å²) in [6, 6.07) is 0. The molecule has 0 rings (SSSR count). The molecular formula is C6H13IO. The number of rotatable bonds is 2. The Morgan fingerprint density at radius 2 is 1.88 bits per heavy atom. The average molecular weight is 228 g/mol. The largest absolute Gasteiger partial charge is 0.316 e. The quantitative estimate of drug-likeness (QED) is 0.660. The molecule has 0 aliphatic carbocycles. The Kier molecular flexibility index (Phi) is 3.98. The van der Waals surface area contributed by atoms with Crippen LogP contribution in [-0.4, -0.2) is 6.61 Å². The first-order valence-electron chi connectivity index (χ1n) is 2.80. The van der Waals surface area contributed by atoms with E-state index in [9.17, 15) is 0 Å². The highest BCUT2D eigenvalue weighted by atomic mass is 127. The molecule has 0 aliphatic heterocycles. The highest BCUT2D eigenvalue weighted by molar-refractivity contribution is 14.1. The van der Waals surface area contributed by atoms with E-state index in [0.717, 1.165) is 13.0 Å². The minimum absolute atomic E-state index is 0.422. The van der Waals surface area contributed by atoms with Crippen molar-refractivity contribution < 1.29 is 3.07 Å². The summed E-state index contributed by atoms with van der Waals surface area (Å²) >= 11 is 1.93. The Balaban J connectivity index is 3.11. The molecule has 0 radical (unpaired) electrons. The van der Waals surface area contributed by atoms with E-state index in [-0.39, 0.29) is 0 Å². The van der Waals surface area contributed by atoms with Crippen molar-refractivity contribution in [3.63, 3.8) is 0 Å². The zero-order valence-electron chi connectivity index (χ0n) is 5.70. The van der Waals surface area contributed by atoms with Gasteiger partial charge in [0.15, 0.2) is 0 Å². The van der Waals surface area contributed by atoms with E-state index in [1.54, 1.807) is 0 Å². The van der Waals surface area contributed by atoms with Gasteiger partial charge in [-0.15, -0.1) is 0 Å². The maximum atomic E-state index is 4.89. The van der Waals surface area contributed by atoms with Crippen molar-refractivity contribution in [2.75, 3.05) is 6.61 Å². The molecule has 0 heterocycles. The van der Waals surface area contributed by atoms with Gasteiger partial charge in [0.05, 0.1) is 6.61 Å². The molecule has 1 nitrogen and oxygen atoms in total. The molecule has 8 heavy (non-hydrogen) atoms. The van der Waals surface area contributed by atoms with Crippen LogP contribution < -0.4 is 0 Å². The summed E-state index contributed by atoms with van der Waals surface area (Å²) in [4.78, 5) is 0. The molecule has 0 aliphatic rings. The van der Waals surface area contributed by atoms with Gasteiger partial charge in [0.25, 0.3) is 0 Å². The predicted octanol–water partition coefficient (Wildman–Crippen LogP) is 2.79. The first kappa shape index (κ1) is 8.69. The van der Waals surface area contributed by atoms with Crippen molar-refractivity contribution in [2.24, 2.45) is 5.41 Å². The Hall–Kier alpha value is 0.690. The summed E-state index contributed by atoms with van der Waals surface area (Å²) in [5.41, 5.74) is 0.422. The van der Waals surface area contributed by atoms with Crippen LogP contribution in [0.15, 0.2) is 0 Å². The normalized spacial score (nSPS) is 12.0. The van der Waals surface area contributed by atoms with Crippen LogP contribution in [0.4, 0.5) is 0 Å². The molecule has 0 aromatic heterocycles. The summed E-state index contributed by atoms with van der Waals surface area (Å²) in [5, 5.41) is 0. The maximum absolute atomic E-state index is 4.89. The number of halogens is 1. The zero-order chi connectivity index (χ0) is 6.62. The average Bonchev–Trinajstić information content (AvgIpc) is 1.59. The van der Waals surface area contributed by atoms with Crippen LogP contribution in [0.5, 0.6) is 0 Å². The second-order valence-corrected chi connectivity index (χ2v) is 3.75. The van der Waals surface area contributed by atoms with E-state index in [4.69, 9.17) is 3.07 Å². The number of hydrogen-bond acceptors (Lipinski definition) is 1. The first-order valence-corrected chi connectivity index (χ1v) is 3.68. The molecule has 0 atom stereocenters. The summed E-state index contributed by atoms with van der Waals surface area (Å²) in [7, 11) is 0. The molecular weight excluding hydrogens is 215 g/mol. The fraction of sp³-hybridized carbons (Fsp3) is 1.00. The molecule has 0 unspecified atom stereocenters. The lowest BCUT2D eigenvalue weighted by molar-refractivity contribution is 0.294. The molecule has 0 aromatic rings. The summed E-state index contributed by atoms with van der Waals surface area (Å²) in [6.45, 7) is 7.50. The fourth-order valence-electron chi connectivity index (χ4n) is 0.345. The fourth-order valence-corrected chi connectivity index (χ4v) is 0.565. The van der Waals surface area contributed by atoms with Gasteiger partial charge in [0.1, 0.15) is 23.0 Å². The lowest BCUT2D eigenvalue weighted by Gasteiger charge is -2.15. The van der Waals surface area contributed by atoms with Gasteiger partial charge in [-0.1, -0.05) is 20.8 Å². The van der Waals surface area contributed by atoms with Gasteiger partial charge in [-0.25, -0.2) is 0 Å². The standard InChI is InChI=1S/C6H13IO/c1-6(2,3)4-5-8-7/h4-5H2,1-3H3. The van der Waals surface area contributed by atoms with Crippen molar-refractivity contribution >= 4 is 23.0 Å². The molecule has 0 fully saturated rings. The van der Waals surface area contributed by atoms with Gasteiger partial charge < -0.3 is 3.07 Å². The number of hydrogen-bond donors (Lipinski definition) is 0. The molecule has 0 N–H and O–H groups in total. The maximum Gasteiger partial charge on any atom is 0.109 e. The molecule has 0 saturated carbocycles. The zero-order valence-corrected chi connectivity index (χ0v) is 7.86.